The minimum absolute atomic E-state index is 0.0631. The number of hydrogen-bond donors (Lipinski definition) is 1. The molecule has 7 heteroatoms. The zero-order valence-corrected chi connectivity index (χ0v) is 12.0. The summed E-state index contributed by atoms with van der Waals surface area (Å²) in [5.41, 5.74) is 0.925. The van der Waals surface area contributed by atoms with E-state index in [9.17, 15) is 17.6 Å². The molecule has 2 rings (SSSR count). The number of primary sulfonamides is 1. The molecule has 1 fully saturated rings. The van der Waals surface area contributed by atoms with Crippen LogP contribution < -0.4 is 5.14 Å². The Balaban J connectivity index is 2.23. The van der Waals surface area contributed by atoms with Crippen molar-refractivity contribution in [3.05, 3.63) is 35.1 Å². The third-order valence-corrected chi connectivity index (χ3v) is 4.87. The molecule has 1 aromatic carbocycles. The van der Waals surface area contributed by atoms with Crippen LogP contribution in [0.25, 0.3) is 0 Å². The molecule has 110 valence electrons. The van der Waals surface area contributed by atoms with Gasteiger partial charge in [0.25, 0.3) is 5.91 Å². The van der Waals surface area contributed by atoms with E-state index < -0.39 is 21.1 Å². The average Bonchev–Trinajstić information content (AvgIpc) is 2.40. The van der Waals surface area contributed by atoms with Crippen LogP contribution >= 0.6 is 0 Å². The highest BCUT2D eigenvalue weighted by Gasteiger charge is 2.31. The number of piperidine rings is 1. The molecule has 1 aliphatic heterocycles. The van der Waals surface area contributed by atoms with Crippen molar-refractivity contribution < 1.29 is 17.6 Å². The molecule has 1 atom stereocenters. The summed E-state index contributed by atoms with van der Waals surface area (Å²) in [4.78, 5) is 13.8. The number of rotatable bonds is 2. The van der Waals surface area contributed by atoms with Crippen LogP contribution in [0, 0.1) is 12.7 Å². The summed E-state index contributed by atoms with van der Waals surface area (Å²) in [7, 11) is -3.66. The molecule has 1 unspecified atom stereocenters. The maximum Gasteiger partial charge on any atom is 0.254 e. The van der Waals surface area contributed by atoms with E-state index in [1.807, 2.05) is 0 Å². The van der Waals surface area contributed by atoms with Crippen molar-refractivity contribution in [2.75, 3.05) is 13.1 Å². The molecular formula is C13H17FN2O3S. The van der Waals surface area contributed by atoms with E-state index in [2.05, 4.69) is 0 Å². The van der Waals surface area contributed by atoms with Crippen molar-refractivity contribution in [2.45, 2.75) is 25.0 Å². The molecule has 1 amide bonds. The number of carbonyl (C=O) groups is 1. The zero-order valence-electron chi connectivity index (χ0n) is 11.2. The van der Waals surface area contributed by atoms with Crippen LogP contribution in [0.2, 0.25) is 0 Å². The van der Waals surface area contributed by atoms with Crippen LogP contribution in [0.3, 0.4) is 0 Å². The Kier molecular flexibility index (Phi) is 4.10. The van der Waals surface area contributed by atoms with E-state index in [1.165, 1.54) is 23.1 Å². The predicted octanol–water partition coefficient (Wildman–Crippen LogP) is 1.03. The van der Waals surface area contributed by atoms with Gasteiger partial charge in [0.05, 0.1) is 5.25 Å². The second-order valence-corrected chi connectivity index (χ2v) is 6.91. The van der Waals surface area contributed by atoms with Crippen LogP contribution in [0.1, 0.15) is 28.8 Å². The first-order valence-electron chi connectivity index (χ1n) is 6.36. The Labute approximate surface area is 117 Å². The number of halogens is 1. The Morgan fingerprint density at radius 3 is 2.80 bits per heavy atom. The Bertz CT molecular complexity index is 631. The molecule has 0 aliphatic carbocycles. The van der Waals surface area contributed by atoms with Crippen molar-refractivity contribution in [3.8, 4) is 0 Å². The summed E-state index contributed by atoms with van der Waals surface area (Å²) >= 11 is 0. The first kappa shape index (κ1) is 14.9. The summed E-state index contributed by atoms with van der Waals surface area (Å²) in [6, 6.07) is 4.00. The van der Waals surface area contributed by atoms with Gasteiger partial charge in [0.1, 0.15) is 5.82 Å². The van der Waals surface area contributed by atoms with Gasteiger partial charge in [0.2, 0.25) is 10.0 Å². The normalized spacial score (nSPS) is 19.9. The van der Waals surface area contributed by atoms with Gasteiger partial charge in [-0.3, -0.25) is 4.79 Å². The number of amides is 1. The molecule has 1 heterocycles. The van der Waals surface area contributed by atoms with Crippen molar-refractivity contribution in [1.82, 2.24) is 4.90 Å². The lowest BCUT2D eigenvalue weighted by Crippen LogP contribution is -2.47. The van der Waals surface area contributed by atoms with E-state index in [1.54, 1.807) is 6.92 Å². The highest BCUT2D eigenvalue weighted by Crippen LogP contribution is 2.19. The predicted molar refractivity (Wildman–Crippen MR) is 73.2 cm³/mol. The highest BCUT2D eigenvalue weighted by molar-refractivity contribution is 7.89. The van der Waals surface area contributed by atoms with Gasteiger partial charge in [-0.1, -0.05) is 6.07 Å². The van der Waals surface area contributed by atoms with Gasteiger partial charge in [-0.05, 0) is 37.5 Å². The van der Waals surface area contributed by atoms with E-state index >= 15 is 0 Å². The number of nitrogens with two attached hydrogens (primary N) is 1. The third kappa shape index (κ3) is 3.16. The Morgan fingerprint density at radius 2 is 2.15 bits per heavy atom. The van der Waals surface area contributed by atoms with Crippen LogP contribution in [0.5, 0.6) is 0 Å². The number of carbonyl (C=O) groups excluding carboxylic acids is 1. The minimum Gasteiger partial charge on any atom is -0.337 e. The Morgan fingerprint density at radius 1 is 1.45 bits per heavy atom. The van der Waals surface area contributed by atoms with Crippen LogP contribution in [0.4, 0.5) is 4.39 Å². The SMILES string of the molecule is Cc1ccc(F)cc1C(=O)N1CCCC(S(N)(=O)=O)C1. The molecule has 1 aliphatic rings. The molecule has 5 nitrogen and oxygen atoms in total. The lowest BCUT2D eigenvalue weighted by Gasteiger charge is -2.31. The average molecular weight is 300 g/mol. The molecule has 0 saturated carbocycles. The van der Waals surface area contributed by atoms with Crippen molar-refractivity contribution in [2.24, 2.45) is 5.14 Å². The van der Waals surface area contributed by atoms with Crippen molar-refractivity contribution >= 4 is 15.9 Å². The van der Waals surface area contributed by atoms with E-state index in [4.69, 9.17) is 5.14 Å². The van der Waals surface area contributed by atoms with E-state index in [0.29, 0.717) is 24.9 Å². The van der Waals surface area contributed by atoms with Gasteiger partial charge < -0.3 is 4.90 Å². The summed E-state index contributed by atoms with van der Waals surface area (Å²) in [5.74, 6) is -0.839. The molecule has 0 aromatic heterocycles. The first-order valence-corrected chi connectivity index (χ1v) is 7.97. The van der Waals surface area contributed by atoms with E-state index in [-0.39, 0.29) is 18.0 Å². The number of benzene rings is 1. The zero-order chi connectivity index (χ0) is 14.9. The van der Waals surface area contributed by atoms with Crippen LogP contribution in [-0.4, -0.2) is 37.6 Å². The number of sulfonamides is 1. The second kappa shape index (κ2) is 5.49. The molecule has 0 bridgehead atoms. The highest BCUT2D eigenvalue weighted by atomic mass is 32.2. The number of nitrogens with zero attached hydrogens (tertiary/aromatic N) is 1. The standard InChI is InChI=1S/C13H17FN2O3S/c1-9-4-5-10(14)7-12(9)13(17)16-6-2-3-11(8-16)20(15,18)19/h4-5,7,11H,2-3,6,8H2,1H3,(H2,15,18,19). The number of likely N-dealkylation sites (tertiary alicyclic amines) is 1. The van der Waals surface area contributed by atoms with Gasteiger partial charge in [-0.15, -0.1) is 0 Å². The monoisotopic (exact) mass is 300 g/mol. The molecular weight excluding hydrogens is 283 g/mol. The van der Waals surface area contributed by atoms with Gasteiger partial charge in [-0.2, -0.15) is 0 Å². The van der Waals surface area contributed by atoms with Crippen molar-refractivity contribution in [1.29, 1.82) is 0 Å². The lowest BCUT2D eigenvalue weighted by molar-refractivity contribution is 0.0725. The minimum atomic E-state index is -3.66. The van der Waals surface area contributed by atoms with Gasteiger partial charge in [-0.25, -0.2) is 17.9 Å². The fourth-order valence-electron chi connectivity index (χ4n) is 2.39. The molecule has 0 radical (unpaired) electrons. The molecule has 0 spiro atoms. The molecule has 2 N–H and O–H groups in total. The quantitative estimate of drug-likeness (QED) is 0.885. The second-order valence-electron chi connectivity index (χ2n) is 5.06. The topological polar surface area (TPSA) is 80.5 Å². The number of aryl methyl sites for hydroxylation is 1. The van der Waals surface area contributed by atoms with Crippen molar-refractivity contribution in [3.63, 3.8) is 0 Å². The maximum absolute atomic E-state index is 13.3. The van der Waals surface area contributed by atoms with Gasteiger partial charge in [0, 0.05) is 18.7 Å². The summed E-state index contributed by atoms with van der Waals surface area (Å²) in [5, 5.41) is 4.40. The fraction of sp³-hybridized carbons (Fsp3) is 0.462. The Hall–Kier alpha value is -1.47. The third-order valence-electron chi connectivity index (χ3n) is 3.56. The molecule has 20 heavy (non-hydrogen) atoms. The summed E-state index contributed by atoms with van der Waals surface area (Å²) in [6.07, 6.45) is 1.02. The van der Waals surface area contributed by atoms with E-state index in [0.717, 1.165) is 0 Å². The van der Waals surface area contributed by atoms with Crippen LogP contribution in [0.15, 0.2) is 18.2 Å². The molecule has 1 aromatic rings. The van der Waals surface area contributed by atoms with Crippen LogP contribution in [-0.2, 0) is 10.0 Å². The molecule has 1 saturated heterocycles. The maximum atomic E-state index is 13.3. The number of hydrogen-bond acceptors (Lipinski definition) is 3. The summed E-state index contributed by atoms with van der Waals surface area (Å²) in [6.45, 7) is 2.24. The fourth-order valence-corrected chi connectivity index (χ4v) is 3.27. The van der Waals surface area contributed by atoms with Gasteiger partial charge in [0.15, 0.2) is 0 Å². The first-order chi connectivity index (χ1) is 9.29. The van der Waals surface area contributed by atoms with Gasteiger partial charge >= 0.3 is 0 Å². The smallest absolute Gasteiger partial charge is 0.254 e. The summed E-state index contributed by atoms with van der Waals surface area (Å²) < 4.78 is 36.0. The largest absolute Gasteiger partial charge is 0.337 e. The lowest BCUT2D eigenvalue weighted by atomic mass is 10.0.